The van der Waals surface area contributed by atoms with E-state index in [0.717, 1.165) is 29.1 Å². The summed E-state index contributed by atoms with van der Waals surface area (Å²) in [6.07, 6.45) is 5.91. The number of benzene rings is 1. The predicted molar refractivity (Wildman–Crippen MR) is 138 cm³/mol. The average Bonchev–Trinajstić information content (AvgIpc) is 3.68. The van der Waals surface area contributed by atoms with Crippen molar-refractivity contribution in [3.63, 3.8) is 0 Å². The van der Waals surface area contributed by atoms with Gasteiger partial charge in [0, 0.05) is 44.3 Å². The molecule has 2 aliphatic rings. The van der Waals surface area contributed by atoms with E-state index < -0.39 is 29.6 Å². The van der Waals surface area contributed by atoms with Gasteiger partial charge in [0.2, 0.25) is 0 Å². The van der Waals surface area contributed by atoms with Gasteiger partial charge >= 0.3 is 0 Å². The highest BCUT2D eigenvalue weighted by Crippen LogP contribution is 2.21. The lowest BCUT2D eigenvalue weighted by Gasteiger charge is -2.36. The van der Waals surface area contributed by atoms with Crippen molar-refractivity contribution in [2.45, 2.75) is 63.4 Å². The van der Waals surface area contributed by atoms with Crippen molar-refractivity contribution in [3.05, 3.63) is 59.0 Å². The number of nitrogens with one attached hydrogen (secondary N) is 3. The van der Waals surface area contributed by atoms with E-state index in [1.165, 1.54) is 33.9 Å². The van der Waals surface area contributed by atoms with E-state index in [1.807, 2.05) is 6.07 Å². The van der Waals surface area contributed by atoms with Crippen LogP contribution in [0.2, 0.25) is 0 Å². The number of carbonyl (C=O) groups excluding carboxylic acids is 3. The van der Waals surface area contributed by atoms with Crippen LogP contribution in [0, 0.1) is 11.8 Å². The largest absolute Gasteiger partial charge is 0.467 e. The molecule has 0 radical (unpaired) electrons. The summed E-state index contributed by atoms with van der Waals surface area (Å²) in [6.45, 7) is 2.58. The molecule has 2 aromatic rings. The summed E-state index contributed by atoms with van der Waals surface area (Å²) in [5, 5.41) is 5.86. The van der Waals surface area contributed by atoms with Crippen molar-refractivity contribution < 1.29 is 28.4 Å². The first-order chi connectivity index (χ1) is 18.3. The van der Waals surface area contributed by atoms with Crippen molar-refractivity contribution >= 4 is 17.7 Å². The number of hydroxylamine groups is 1. The zero-order chi connectivity index (χ0) is 27.1. The quantitative estimate of drug-likeness (QED) is 0.262. The van der Waals surface area contributed by atoms with E-state index in [9.17, 15) is 14.4 Å². The number of nitrogens with zero attached hydrogens (tertiary/aromatic N) is 1. The molecule has 38 heavy (non-hydrogen) atoms. The Morgan fingerprint density at radius 2 is 1.82 bits per heavy atom. The van der Waals surface area contributed by atoms with Gasteiger partial charge in [0.1, 0.15) is 12.0 Å². The fourth-order valence-electron chi connectivity index (χ4n) is 3.98. The van der Waals surface area contributed by atoms with Gasteiger partial charge in [0.05, 0.1) is 12.1 Å². The molecule has 2 fully saturated rings. The third kappa shape index (κ3) is 6.61. The standard InChI is InChI=1S/C28H34N4O6/c1-28(26(34)29-2,27(35)31-38-24-6-4-5-15-36-24)32(3)25(33)21-11-9-19(10-12-21)7-8-20-16-23(37-18-20)17-30-22-13-14-22/h9-12,16,18,22,24,30H,4-6,13-15,17H2,1-3H3,(H,29,34)(H,31,35). The van der Waals surface area contributed by atoms with Gasteiger partial charge in [-0.15, -0.1) is 0 Å². The zero-order valence-corrected chi connectivity index (χ0v) is 22.0. The van der Waals surface area contributed by atoms with Crippen LogP contribution in [-0.4, -0.2) is 61.2 Å². The molecule has 2 unspecified atom stereocenters. The van der Waals surface area contributed by atoms with Crippen molar-refractivity contribution in [1.82, 2.24) is 21.0 Å². The van der Waals surface area contributed by atoms with Crippen LogP contribution < -0.4 is 16.1 Å². The number of carbonyl (C=O) groups is 3. The van der Waals surface area contributed by atoms with Crippen molar-refractivity contribution in [3.8, 4) is 11.8 Å². The van der Waals surface area contributed by atoms with Crippen LogP contribution in [-0.2, 0) is 25.7 Å². The summed E-state index contributed by atoms with van der Waals surface area (Å²) >= 11 is 0. The minimum absolute atomic E-state index is 0.300. The van der Waals surface area contributed by atoms with Gasteiger partial charge in [-0.05, 0) is 62.9 Å². The maximum absolute atomic E-state index is 13.3. The van der Waals surface area contributed by atoms with E-state index >= 15 is 0 Å². The second-order valence-electron chi connectivity index (χ2n) is 9.64. The first kappa shape index (κ1) is 27.4. The summed E-state index contributed by atoms with van der Waals surface area (Å²) in [7, 11) is 2.80. The van der Waals surface area contributed by atoms with Crippen molar-refractivity contribution in [2.75, 3.05) is 20.7 Å². The Bertz CT molecular complexity index is 1200. The van der Waals surface area contributed by atoms with Crippen LogP contribution in [0.1, 0.15) is 66.3 Å². The van der Waals surface area contributed by atoms with Crippen LogP contribution in [0.25, 0.3) is 0 Å². The summed E-state index contributed by atoms with van der Waals surface area (Å²) in [5.41, 5.74) is 2.21. The number of hydrogen-bond acceptors (Lipinski definition) is 7. The molecule has 2 atom stereocenters. The zero-order valence-electron chi connectivity index (χ0n) is 22.0. The van der Waals surface area contributed by atoms with Crippen LogP contribution in [0.5, 0.6) is 0 Å². The molecule has 0 spiro atoms. The number of ether oxygens (including phenoxy) is 1. The smallest absolute Gasteiger partial charge is 0.279 e. The lowest BCUT2D eigenvalue weighted by Crippen LogP contribution is -2.65. The van der Waals surface area contributed by atoms with Gasteiger partial charge < -0.3 is 24.7 Å². The van der Waals surface area contributed by atoms with Crippen molar-refractivity contribution in [1.29, 1.82) is 0 Å². The second kappa shape index (κ2) is 12.3. The number of furan rings is 1. The second-order valence-corrected chi connectivity index (χ2v) is 9.64. The van der Waals surface area contributed by atoms with Crippen LogP contribution in [0.3, 0.4) is 0 Å². The molecule has 1 aromatic heterocycles. The highest BCUT2D eigenvalue weighted by atomic mass is 16.8. The maximum atomic E-state index is 13.3. The van der Waals surface area contributed by atoms with E-state index in [2.05, 4.69) is 28.0 Å². The van der Waals surface area contributed by atoms with Gasteiger partial charge in [-0.1, -0.05) is 11.8 Å². The molecule has 202 valence electrons. The van der Waals surface area contributed by atoms with Gasteiger partial charge in [-0.2, -0.15) is 0 Å². The van der Waals surface area contributed by atoms with Gasteiger partial charge in [-0.3, -0.25) is 14.4 Å². The molecule has 1 aliphatic carbocycles. The number of rotatable bonds is 9. The first-order valence-corrected chi connectivity index (χ1v) is 12.8. The topological polar surface area (TPSA) is 122 Å². The summed E-state index contributed by atoms with van der Waals surface area (Å²) < 4.78 is 11.0. The minimum atomic E-state index is -1.87. The summed E-state index contributed by atoms with van der Waals surface area (Å²) in [5.74, 6) is 5.01. The van der Waals surface area contributed by atoms with Gasteiger partial charge in [0.25, 0.3) is 17.7 Å². The van der Waals surface area contributed by atoms with Crippen LogP contribution >= 0.6 is 0 Å². The van der Waals surface area contributed by atoms with E-state index in [-0.39, 0.29) is 0 Å². The maximum Gasteiger partial charge on any atom is 0.279 e. The fraction of sp³-hybridized carbons (Fsp3) is 0.464. The SMILES string of the molecule is CNC(=O)C(C)(C(=O)NOC1CCCCO1)N(C)C(=O)c1ccc(C#Cc2coc(CNC3CC3)c2)cc1. The molecular formula is C28H34N4O6. The molecular weight excluding hydrogens is 488 g/mol. The Balaban J connectivity index is 1.40. The molecule has 4 rings (SSSR count). The third-order valence-electron chi connectivity index (χ3n) is 6.79. The summed E-state index contributed by atoms with van der Waals surface area (Å²) in [6, 6.07) is 9.15. The Kier molecular flexibility index (Phi) is 8.84. The van der Waals surface area contributed by atoms with E-state index in [0.29, 0.717) is 36.7 Å². The van der Waals surface area contributed by atoms with Crippen LogP contribution in [0.4, 0.5) is 0 Å². The van der Waals surface area contributed by atoms with Gasteiger partial charge in [-0.25, -0.2) is 10.3 Å². The lowest BCUT2D eigenvalue weighted by molar-refractivity contribution is -0.204. The monoisotopic (exact) mass is 522 g/mol. The third-order valence-corrected chi connectivity index (χ3v) is 6.79. The molecule has 0 bridgehead atoms. The molecule has 3 amide bonds. The molecule has 10 heteroatoms. The van der Waals surface area contributed by atoms with E-state index in [4.69, 9.17) is 14.0 Å². The number of hydrogen-bond donors (Lipinski definition) is 3. The Morgan fingerprint density at radius 3 is 2.47 bits per heavy atom. The molecule has 3 N–H and O–H groups in total. The molecule has 10 nitrogen and oxygen atoms in total. The Morgan fingerprint density at radius 1 is 1.08 bits per heavy atom. The van der Waals surface area contributed by atoms with Crippen molar-refractivity contribution in [2.24, 2.45) is 0 Å². The summed E-state index contributed by atoms with van der Waals surface area (Å²) in [4.78, 5) is 45.6. The molecule has 2 heterocycles. The minimum Gasteiger partial charge on any atom is -0.467 e. The molecule has 1 aromatic carbocycles. The number of likely N-dealkylation sites (N-methyl/N-ethyl adjacent to an activating group) is 2. The highest BCUT2D eigenvalue weighted by molar-refractivity contribution is 6.12. The lowest BCUT2D eigenvalue weighted by atomic mass is 9.96. The average molecular weight is 523 g/mol. The van der Waals surface area contributed by atoms with Crippen LogP contribution in [0.15, 0.2) is 41.0 Å². The Labute approximate surface area is 222 Å². The van der Waals surface area contributed by atoms with Gasteiger partial charge in [0.15, 0.2) is 11.8 Å². The number of amides is 3. The Hall–Kier alpha value is -3.65. The predicted octanol–water partition coefficient (Wildman–Crippen LogP) is 2.08. The first-order valence-electron chi connectivity index (χ1n) is 12.8. The highest BCUT2D eigenvalue weighted by Gasteiger charge is 2.47. The molecule has 1 aliphatic heterocycles. The fourth-order valence-corrected chi connectivity index (χ4v) is 3.98. The normalized spacial score (nSPS) is 18.4. The van der Waals surface area contributed by atoms with E-state index in [1.54, 1.807) is 30.5 Å². The molecule has 1 saturated heterocycles. The molecule has 1 saturated carbocycles.